The number of fused-ring (bicyclic) bond motifs is 1. The topological polar surface area (TPSA) is 49.8 Å². The molecule has 0 bridgehead atoms. The Morgan fingerprint density at radius 1 is 1.30 bits per heavy atom. The molecule has 27 heavy (non-hydrogen) atoms. The molecule has 1 aromatic carbocycles. The van der Waals surface area contributed by atoms with Gasteiger partial charge in [-0.1, -0.05) is 13.8 Å². The number of benzene rings is 1. The lowest BCUT2D eigenvalue weighted by molar-refractivity contribution is 0.0696. The average Bonchev–Trinajstić information content (AvgIpc) is 3.17. The van der Waals surface area contributed by atoms with Crippen molar-refractivity contribution in [1.29, 1.82) is 0 Å². The molecule has 0 amide bonds. The molecule has 0 spiro atoms. The van der Waals surface area contributed by atoms with Crippen LogP contribution in [0.5, 0.6) is 5.75 Å². The Morgan fingerprint density at radius 2 is 2.04 bits per heavy atom. The third-order valence-electron chi connectivity index (χ3n) is 5.76. The summed E-state index contributed by atoms with van der Waals surface area (Å²) in [6.07, 6.45) is 4.23. The minimum atomic E-state index is -0.811. The first-order valence-electron chi connectivity index (χ1n) is 9.66. The van der Waals surface area contributed by atoms with Gasteiger partial charge in [0, 0.05) is 22.8 Å². The van der Waals surface area contributed by atoms with Crippen molar-refractivity contribution in [2.75, 3.05) is 20.1 Å². The second-order valence-electron chi connectivity index (χ2n) is 8.67. The number of carboxylic acids is 1. The molecular weight excluding hydrogens is 358 g/mol. The van der Waals surface area contributed by atoms with E-state index in [0.717, 1.165) is 60.5 Å². The number of hydrogen-bond acceptors (Lipinski definition) is 4. The van der Waals surface area contributed by atoms with E-state index in [2.05, 4.69) is 25.8 Å². The van der Waals surface area contributed by atoms with E-state index in [9.17, 15) is 9.90 Å². The predicted octanol–water partition coefficient (Wildman–Crippen LogP) is 4.71. The molecule has 1 aliphatic heterocycles. The van der Waals surface area contributed by atoms with Gasteiger partial charge >= 0.3 is 5.97 Å². The van der Waals surface area contributed by atoms with Gasteiger partial charge in [0.2, 0.25) is 0 Å². The van der Waals surface area contributed by atoms with E-state index in [1.165, 1.54) is 4.88 Å². The maximum absolute atomic E-state index is 12.0. The lowest BCUT2D eigenvalue weighted by atomic mass is 9.76. The number of rotatable bonds is 4. The molecule has 2 aliphatic rings. The molecule has 2 aromatic rings. The van der Waals surface area contributed by atoms with Crippen LogP contribution < -0.4 is 4.74 Å². The van der Waals surface area contributed by atoms with Crippen LogP contribution in [0.2, 0.25) is 0 Å². The van der Waals surface area contributed by atoms with E-state index in [1.54, 1.807) is 11.3 Å². The monoisotopic (exact) mass is 385 g/mol. The minimum Gasteiger partial charge on any atom is -0.489 e. The van der Waals surface area contributed by atoms with Gasteiger partial charge in [0.1, 0.15) is 11.9 Å². The standard InChI is InChI=1S/C22H27NO3S/c1-22(2)10-8-18-17(12-22)19(21(24)25)20(27-18)14-4-6-15(7-5-14)26-16-9-11-23(3)13-16/h4-7,16H,8-13H2,1-3H3,(H,24,25)/t16-/m0/s1. The van der Waals surface area contributed by atoms with E-state index in [-0.39, 0.29) is 11.5 Å². The summed E-state index contributed by atoms with van der Waals surface area (Å²) in [6, 6.07) is 7.95. The van der Waals surface area contributed by atoms with Crippen LogP contribution in [-0.4, -0.2) is 42.2 Å². The van der Waals surface area contributed by atoms with Crippen molar-refractivity contribution in [3.63, 3.8) is 0 Å². The zero-order valence-corrected chi connectivity index (χ0v) is 17.1. The summed E-state index contributed by atoms with van der Waals surface area (Å²) < 4.78 is 6.07. The molecule has 1 atom stereocenters. The molecule has 5 heteroatoms. The zero-order valence-electron chi connectivity index (χ0n) is 16.2. The van der Waals surface area contributed by atoms with Gasteiger partial charge in [-0.3, -0.25) is 0 Å². The fraction of sp³-hybridized carbons (Fsp3) is 0.500. The molecule has 1 fully saturated rings. The SMILES string of the molecule is CN1CC[C@H](Oc2ccc(-c3sc4c(c3C(=O)O)CC(C)(C)CC4)cc2)C1. The molecule has 1 N–H and O–H groups in total. The van der Waals surface area contributed by atoms with Crippen LogP contribution in [0.25, 0.3) is 10.4 Å². The summed E-state index contributed by atoms with van der Waals surface area (Å²) in [6.45, 7) is 6.48. The molecule has 4 rings (SSSR count). The normalized spacial score (nSPS) is 21.8. The maximum Gasteiger partial charge on any atom is 0.337 e. The van der Waals surface area contributed by atoms with Crippen molar-refractivity contribution in [2.45, 2.75) is 45.6 Å². The quantitative estimate of drug-likeness (QED) is 0.828. The highest BCUT2D eigenvalue weighted by Crippen LogP contribution is 2.45. The van der Waals surface area contributed by atoms with Gasteiger partial charge in [-0.05, 0) is 73.5 Å². The lowest BCUT2D eigenvalue weighted by Crippen LogP contribution is -2.22. The highest BCUT2D eigenvalue weighted by Gasteiger charge is 2.33. The number of aromatic carboxylic acids is 1. The Morgan fingerprint density at radius 3 is 2.67 bits per heavy atom. The predicted molar refractivity (Wildman–Crippen MR) is 109 cm³/mol. The van der Waals surface area contributed by atoms with E-state index in [1.807, 2.05) is 24.3 Å². The number of hydrogen-bond donors (Lipinski definition) is 1. The van der Waals surface area contributed by atoms with Crippen molar-refractivity contribution in [3.05, 3.63) is 40.3 Å². The first-order valence-corrected chi connectivity index (χ1v) is 10.5. The first-order chi connectivity index (χ1) is 12.8. The Hall–Kier alpha value is -1.85. The molecule has 1 saturated heterocycles. The summed E-state index contributed by atoms with van der Waals surface area (Å²) in [5.74, 6) is 0.0490. The molecule has 2 heterocycles. The third-order valence-corrected chi connectivity index (χ3v) is 7.10. The van der Waals surface area contributed by atoms with Gasteiger partial charge in [-0.2, -0.15) is 0 Å². The van der Waals surface area contributed by atoms with Crippen LogP contribution in [0.4, 0.5) is 0 Å². The van der Waals surface area contributed by atoms with E-state index in [4.69, 9.17) is 4.74 Å². The van der Waals surface area contributed by atoms with Crippen molar-refractivity contribution < 1.29 is 14.6 Å². The summed E-state index contributed by atoms with van der Waals surface area (Å²) in [5, 5.41) is 9.89. The number of thiophene rings is 1. The Kier molecular flexibility index (Phi) is 4.77. The molecule has 0 radical (unpaired) electrons. The van der Waals surface area contributed by atoms with Gasteiger partial charge in [0.05, 0.1) is 5.56 Å². The molecule has 4 nitrogen and oxygen atoms in total. The number of likely N-dealkylation sites (tertiary alicyclic amines) is 1. The van der Waals surface area contributed by atoms with Gasteiger partial charge in [-0.15, -0.1) is 11.3 Å². The van der Waals surface area contributed by atoms with Crippen LogP contribution in [-0.2, 0) is 12.8 Å². The largest absolute Gasteiger partial charge is 0.489 e. The summed E-state index contributed by atoms with van der Waals surface area (Å²) >= 11 is 1.65. The Labute approximate surface area is 164 Å². The third kappa shape index (κ3) is 3.76. The summed E-state index contributed by atoms with van der Waals surface area (Å²) in [5.41, 5.74) is 2.70. The Bertz CT molecular complexity index is 853. The number of ether oxygens (including phenoxy) is 1. The van der Waals surface area contributed by atoms with Crippen LogP contribution >= 0.6 is 11.3 Å². The van der Waals surface area contributed by atoms with E-state index in [0.29, 0.717) is 5.56 Å². The zero-order chi connectivity index (χ0) is 19.2. The summed E-state index contributed by atoms with van der Waals surface area (Å²) in [7, 11) is 2.11. The molecule has 0 unspecified atom stereocenters. The van der Waals surface area contributed by atoms with Crippen molar-refractivity contribution in [1.82, 2.24) is 4.90 Å². The van der Waals surface area contributed by atoms with Crippen LogP contribution in [0.3, 0.4) is 0 Å². The molecule has 1 aromatic heterocycles. The number of likely N-dealkylation sites (N-methyl/N-ethyl adjacent to an activating group) is 1. The maximum atomic E-state index is 12.0. The fourth-order valence-corrected chi connectivity index (χ4v) is 5.53. The summed E-state index contributed by atoms with van der Waals surface area (Å²) in [4.78, 5) is 16.5. The number of aryl methyl sites for hydroxylation is 1. The molecule has 1 aliphatic carbocycles. The number of carbonyl (C=O) groups is 1. The first kappa shape index (κ1) is 18.5. The van der Waals surface area contributed by atoms with Crippen molar-refractivity contribution in [2.24, 2.45) is 5.41 Å². The van der Waals surface area contributed by atoms with Crippen LogP contribution in [0, 0.1) is 5.41 Å². The van der Waals surface area contributed by atoms with Gasteiger partial charge in [0.25, 0.3) is 0 Å². The van der Waals surface area contributed by atoms with Gasteiger partial charge < -0.3 is 14.7 Å². The Balaban J connectivity index is 1.62. The highest BCUT2D eigenvalue weighted by atomic mass is 32.1. The average molecular weight is 386 g/mol. The minimum absolute atomic E-state index is 0.168. The second kappa shape index (κ2) is 6.95. The van der Waals surface area contributed by atoms with Crippen LogP contribution in [0.1, 0.15) is 47.5 Å². The van der Waals surface area contributed by atoms with Crippen LogP contribution in [0.15, 0.2) is 24.3 Å². The fourth-order valence-electron chi connectivity index (χ4n) is 4.22. The molecular formula is C22H27NO3S. The lowest BCUT2D eigenvalue weighted by Gasteiger charge is -2.29. The van der Waals surface area contributed by atoms with Gasteiger partial charge in [-0.25, -0.2) is 4.79 Å². The van der Waals surface area contributed by atoms with Crippen molar-refractivity contribution >= 4 is 17.3 Å². The second-order valence-corrected chi connectivity index (χ2v) is 9.77. The van der Waals surface area contributed by atoms with E-state index < -0.39 is 5.97 Å². The highest BCUT2D eigenvalue weighted by molar-refractivity contribution is 7.16. The van der Waals surface area contributed by atoms with E-state index >= 15 is 0 Å². The number of nitrogens with zero attached hydrogens (tertiary/aromatic N) is 1. The molecule has 144 valence electrons. The van der Waals surface area contributed by atoms with Gasteiger partial charge in [0.15, 0.2) is 0 Å². The van der Waals surface area contributed by atoms with Crippen molar-refractivity contribution in [3.8, 4) is 16.2 Å². The molecule has 0 saturated carbocycles. The number of carboxylic acid groups (broad SMARTS) is 1. The smallest absolute Gasteiger partial charge is 0.337 e.